The van der Waals surface area contributed by atoms with Crippen LogP contribution in [-0.2, 0) is 0 Å². The summed E-state index contributed by atoms with van der Waals surface area (Å²) in [6.45, 7) is 1.54. The van der Waals surface area contributed by atoms with E-state index in [1.54, 1.807) is 18.2 Å². The highest BCUT2D eigenvalue weighted by atomic mass is 35.5. The number of piperidine rings is 1. The van der Waals surface area contributed by atoms with Gasteiger partial charge in [0.05, 0.1) is 15.6 Å². The van der Waals surface area contributed by atoms with Crippen molar-refractivity contribution in [2.45, 2.75) is 25.7 Å². The van der Waals surface area contributed by atoms with E-state index in [2.05, 4.69) is 18.2 Å². The molecular weight excluding hydrogens is 317 g/mol. The van der Waals surface area contributed by atoms with Crippen molar-refractivity contribution in [1.82, 2.24) is 4.90 Å². The Morgan fingerprint density at radius 3 is 2.41 bits per heavy atom. The highest BCUT2D eigenvalue weighted by molar-refractivity contribution is 6.39. The van der Waals surface area contributed by atoms with Crippen molar-refractivity contribution < 1.29 is 4.79 Å². The van der Waals surface area contributed by atoms with Gasteiger partial charge in [0.25, 0.3) is 5.91 Å². The Kier molecular flexibility index (Phi) is 4.90. The van der Waals surface area contributed by atoms with Gasteiger partial charge in [-0.2, -0.15) is 0 Å². The highest BCUT2D eigenvalue weighted by Gasteiger charge is 2.27. The molecule has 0 unspecified atom stereocenters. The molecule has 1 aliphatic carbocycles. The lowest BCUT2D eigenvalue weighted by molar-refractivity contribution is 0.0701. The molecule has 2 nitrogen and oxygen atoms in total. The Labute approximate surface area is 141 Å². The SMILES string of the molecule is O=C(c1c(Cl)cccc1Cl)N1CCC(C2=CC=CCC2)CC1. The summed E-state index contributed by atoms with van der Waals surface area (Å²) in [5, 5.41) is 0.861. The third kappa shape index (κ3) is 3.23. The number of halogens is 2. The molecule has 1 heterocycles. The molecule has 2 aliphatic rings. The lowest BCUT2D eigenvalue weighted by atomic mass is 9.85. The van der Waals surface area contributed by atoms with Crippen molar-refractivity contribution in [2.75, 3.05) is 13.1 Å². The molecule has 1 saturated heterocycles. The molecule has 1 fully saturated rings. The fourth-order valence-corrected chi connectivity index (χ4v) is 3.83. The molecule has 0 saturated carbocycles. The molecule has 0 N–H and O–H groups in total. The molecule has 0 atom stereocenters. The van der Waals surface area contributed by atoms with Crippen LogP contribution in [0, 0.1) is 5.92 Å². The highest BCUT2D eigenvalue weighted by Crippen LogP contribution is 2.32. The van der Waals surface area contributed by atoms with Gasteiger partial charge in [-0.3, -0.25) is 4.79 Å². The molecule has 22 heavy (non-hydrogen) atoms. The first kappa shape index (κ1) is 15.6. The summed E-state index contributed by atoms with van der Waals surface area (Å²) in [6.07, 6.45) is 10.9. The van der Waals surface area contributed by atoms with Crippen LogP contribution in [0.15, 0.2) is 42.0 Å². The second kappa shape index (κ2) is 6.89. The first-order valence-electron chi connectivity index (χ1n) is 7.75. The normalized spacial score (nSPS) is 19.2. The topological polar surface area (TPSA) is 20.3 Å². The smallest absolute Gasteiger partial charge is 0.256 e. The first-order chi connectivity index (χ1) is 10.7. The van der Waals surface area contributed by atoms with Gasteiger partial charge in [-0.15, -0.1) is 0 Å². The molecule has 0 spiro atoms. The maximum Gasteiger partial charge on any atom is 0.256 e. The van der Waals surface area contributed by atoms with E-state index in [9.17, 15) is 4.79 Å². The Morgan fingerprint density at radius 1 is 1.14 bits per heavy atom. The van der Waals surface area contributed by atoms with Gasteiger partial charge >= 0.3 is 0 Å². The van der Waals surface area contributed by atoms with Crippen LogP contribution in [0.4, 0.5) is 0 Å². The van der Waals surface area contributed by atoms with Crippen LogP contribution in [0.1, 0.15) is 36.0 Å². The van der Waals surface area contributed by atoms with Gasteiger partial charge in [0.1, 0.15) is 0 Å². The first-order valence-corrected chi connectivity index (χ1v) is 8.51. The van der Waals surface area contributed by atoms with Crippen LogP contribution in [0.3, 0.4) is 0 Å². The maximum atomic E-state index is 12.7. The predicted octanol–water partition coefficient (Wildman–Crippen LogP) is 5.12. The van der Waals surface area contributed by atoms with Gasteiger partial charge in [-0.05, 0) is 43.7 Å². The van der Waals surface area contributed by atoms with E-state index < -0.39 is 0 Å². The lowest BCUT2D eigenvalue weighted by Gasteiger charge is -2.34. The third-order valence-corrected chi connectivity index (χ3v) is 5.16. The molecular formula is C18H19Cl2NO. The van der Waals surface area contributed by atoms with Gasteiger partial charge in [0.2, 0.25) is 0 Å². The number of hydrogen-bond donors (Lipinski definition) is 0. The second-order valence-corrected chi connectivity index (χ2v) is 6.69. The van der Waals surface area contributed by atoms with Crippen LogP contribution in [0.25, 0.3) is 0 Å². The van der Waals surface area contributed by atoms with E-state index in [1.165, 1.54) is 5.57 Å². The summed E-state index contributed by atoms with van der Waals surface area (Å²) in [7, 11) is 0. The number of allylic oxidation sites excluding steroid dienone is 4. The summed E-state index contributed by atoms with van der Waals surface area (Å²) in [4.78, 5) is 14.5. The molecule has 3 rings (SSSR count). The Morgan fingerprint density at radius 2 is 1.82 bits per heavy atom. The Balaban J connectivity index is 1.67. The number of benzene rings is 1. The summed E-state index contributed by atoms with van der Waals surface area (Å²) in [6, 6.07) is 5.19. The monoisotopic (exact) mass is 335 g/mol. The minimum absolute atomic E-state index is 0.0495. The van der Waals surface area contributed by atoms with Crippen molar-refractivity contribution >= 4 is 29.1 Å². The van der Waals surface area contributed by atoms with Crippen molar-refractivity contribution in [1.29, 1.82) is 0 Å². The van der Waals surface area contributed by atoms with Gasteiger partial charge < -0.3 is 4.90 Å². The second-order valence-electron chi connectivity index (χ2n) is 5.87. The quantitative estimate of drug-likeness (QED) is 0.734. The molecule has 1 amide bonds. The molecule has 1 aromatic carbocycles. The standard InChI is InChI=1S/C18H19Cl2NO/c19-15-7-4-8-16(20)17(15)18(22)21-11-9-14(10-12-21)13-5-2-1-3-6-13/h1-2,4-5,7-8,14H,3,6,9-12H2. The van der Waals surface area contributed by atoms with Crippen molar-refractivity contribution in [3.05, 3.63) is 57.6 Å². The Bertz CT molecular complexity index is 608. The fraction of sp³-hybridized carbons (Fsp3) is 0.389. The number of nitrogens with zero attached hydrogens (tertiary/aromatic N) is 1. The van der Waals surface area contributed by atoms with Gasteiger partial charge in [0.15, 0.2) is 0 Å². The summed E-state index contributed by atoms with van der Waals surface area (Å²) >= 11 is 12.3. The average Bonchev–Trinajstić information content (AvgIpc) is 2.55. The summed E-state index contributed by atoms with van der Waals surface area (Å²) in [5.74, 6) is 0.558. The number of rotatable bonds is 2. The zero-order valence-electron chi connectivity index (χ0n) is 12.4. The van der Waals surface area contributed by atoms with E-state index in [4.69, 9.17) is 23.2 Å². The van der Waals surface area contributed by atoms with Crippen molar-refractivity contribution in [3.8, 4) is 0 Å². The predicted molar refractivity (Wildman–Crippen MR) is 91.5 cm³/mol. The molecule has 0 radical (unpaired) electrons. The van der Waals surface area contributed by atoms with Crippen LogP contribution in [-0.4, -0.2) is 23.9 Å². The molecule has 1 aliphatic heterocycles. The number of amides is 1. The largest absolute Gasteiger partial charge is 0.339 e. The Hall–Kier alpha value is -1.25. The zero-order chi connectivity index (χ0) is 15.5. The van der Waals surface area contributed by atoms with Crippen molar-refractivity contribution in [2.24, 2.45) is 5.92 Å². The minimum Gasteiger partial charge on any atom is -0.339 e. The van der Waals surface area contributed by atoms with Crippen LogP contribution >= 0.6 is 23.2 Å². The molecule has 0 aromatic heterocycles. The number of carbonyl (C=O) groups is 1. The number of likely N-dealkylation sites (tertiary alicyclic amines) is 1. The molecule has 0 bridgehead atoms. The van der Waals surface area contributed by atoms with Crippen LogP contribution < -0.4 is 0 Å². The van der Waals surface area contributed by atoms with Crippen LogP contribution in [0.2, 0.25) is 10.0 Å². The van der Waals surface area contributed by atoms with Gasteiger partial charge in [0, 0.05) is 13.1 Å². The zero-order valence-corrected chi connectivity index (χ0v) is 13.9. The van der Waals surface area contributed by atoms with Gasteiger partial charge in [-0.25, -0.2) is 0 Å². The van der Waals surface area contributed by atoms with E-state index in [1.807, 2.05) is 4.90 Å². The van der Waals surface area contributed by atoms with Crippen LogP contribution in [0.5, 0.6) is 0 Å². The molecule has 1 aromatic rings. The fourth-order valence-electron chi connectivity index (χ4n) is 3.28. The molecule has 116 valence electrons. The van der Waals surface area contributed by atoms with E-state index in [0.717, 1.165) is 38.8 Å². The minimum atomic E-state index is -0.0495. The van der Waals surface area contributed by atoms with E-state index in [-0.39, 0.29) is 5.91 Å². The van der Waals surface area contributed by atoms with Crippen molar-refractivity contribution in [3.63, 3.8) is 0 Å². The molecule has 4 heteroatoms. The van der Waals surface area contributed by atoms with Gasteiger partial charge in [-0.1, -0.05) is 53.1 Å². The summed E-state index contributed by atoms with van der Waals surface area (Å²) in [5.41, 5.74) is 1.97. The van der Waals surface area contributed by atoms with E-state index in [0.29, 0.717) is 21.5 Å². The van der Waals surface area contributed by atoms with E-state index >= 15 is 0 Å². The summed E-state index contributed by atoms with van der Waals surface area (Å²) < 4.78 is 0. The average molecular weight is 336 g/mol. The number of hydrogen-bond acceptors (Lipinski definition) is 1. The third-order valence-electron chi connectivity index (χ3n) is 4.53. The lowest BCUT2D eigenvalue weighted by Crippen LogP contribution is -2.39. The number of carbonyl (C=O) groups excluding carboxylic acids is 1. The maximum absolute atomic E-state index is 12.7.